The number of thiophene rings is 1. The topological polar surface area (TPSA) is 132 Å². The average Bonchev–Trinajstić information content (AvgIpc) is 3.32. The number of fused-ring (bicyclic) bond motifs is 1. The number of hydrogen-bond acceptors (Lipinski definition) is 9. The molecule has 2 N–H and O–H groups in total. The first-order valence-electron chi connectivity index (χ1n) is 12.3. The van der Waals surface area contributed by atoms with Gasteiger partial charge in [0.15, 0.2) is 0 Å². The van der Waals surface area contributed by atoms with Gasteiger partial charge in [-0.25, -0.2) is 15.0 Å². The van der Waals surface area contributed by atoms with Crippen molar-refractivity contribution in [2.75, 3.05) is 19.0 Å². The first-order chi connectivity index (χ1) is 18.9. The molecule has 0 aliphatic heterocycles. The lowest BCUT2D eigenvalue weighted by Crippen LogP contribution is -2.32. The van der Waals surface area contributed by atoms with E-state index in [-0.39, 0.29) is 6.61 Å². The molecule has 39 heavy (non-hydrogen) atoms. The normalized spacial score (nSPS) is 12.4. The average molecular weight is 550 g/mol. The molecule has 3 aromatic rings. The van der Waals surface area contributed by atoms with Gasteiger partial charge in [-0.15, -0.1) is 11.3 Å². The van der Waals surface area contributed by atoms with E-state index >= 15 is 0 Å². The van der Waals surface area contributed by atoms with Crippen molar-refractivity contribution in [1.82, 2.24) is 5.43 Å². The van der Waals surface area contributed by atoms with Gasteiger partial charge in [-0.1, -0.05) is 0 Å². The van der Waals surface area contributed by atoms with E-state index in [2.05, 4.69) is 15.8 Å². The van der Waals surface area contributed by atoms with Crippen molar-refractivity contribution in [3.8, 4) is 11.5 Å². The van der Waals surface area contributed by atoms with E-state index in [4.69, 9.17) is 14.2 Å². The number of hydrazone groups is 1. The van der Waals surface area contributed by atoms with E-state index in [1.54, 1.807) is 55.5 Å². The highest BCUT2D eigenvalue weighted by molar-refractivity contribution is 7.17. The number of benzene rings is 2. The number of amides is 2. The van der Waals surface area contributed by atoms with Crippen molar-refractivity contribution in [3.63, 3.8) is 0 Å². The van der Waals surface area contributed by atoms with Gasteiger partial charge in [0, 0.05) is 4.88 Å². The molecule has 1 aromatic heterocycles. The van der Waals surface area contributed by atoms with Crippen LogP contribution in [0, 0.1) is 0 Å². The molecule has 1 aliphatic carbocycles. The highest BCUT2D eigenvalue weighted by Crippen LogP contribution is 2.38. The van der Waals surface area contributed by atoms with Gasteiger partial charge in [0.05, 0.1) is 31.1 Å². The number of carbonyl (C=O) groups excluding carboxylic acids is 4. The molecule has 0 saturated heterocycles. The lowest BCUT2D eigenvalue weighted by atomic mass is 9.95. The van der Waals surface area contributed by atoms with Crippen molar-refractivity contribution in [3.05, 3.63) is 75.7 Å². The lowest BCUT2D eigenvalue weighted by molar-refractivity contribution is -0.136. The van der Waals surface area contributed by atoms with Crippen LogP contribution in [0.2, 0.25) is 0 Å². The molecule has 0 spiro atoms. The van der Waals surface area contributed by atoms with E-state index in [1.807, 2.05) is 0 Å². The molecule has 2 amide bonds. The number of rotatable bonds is 8. The molecule has 11 heteroatoms. The molecule has 10 nitrogen and oxygen atoms in total. The Morgan fingerprint density at radius 3 is 2.31 bits per heavy atom. The summed E-state index contributed by atoms with van der Waals surface area (Å²) < 4.78 is 15.6. The van der Waals surface area contributed by atoms with Gasteiger partial charge in [0.2, 0.25) is 0 Å². The molecule has 1 heterocycles. The Balaban J connectivity index is 1.32. The Bertz CT molecular complexity index is 1400. The summed E-state index contributed by atoms with van der Waals surface area (Å²) in [5.41, 5.74) is 4.36. The zero-order valence-electron chi connectivity index (χ0n) is 21.4. The van der Waals surface area contributed by atoms with Crippen molar-refractivity contribution in [2.45, 2.75) is 32.6 Å². The fourth-order valence-corrected chi connectivity index (χ4v) is 5.24. The third-order valence-electron chi connectivity index (χ3n) is 5.88. The molecule has 2 aromatic carbocycles. The molecule has 202 valence electrons. The van der Waals surface area contributed by atoms with Gasteiger partial charge in [-0.3, -0.25) is 9.59 Å². The highest BCUT2D eigenvalue weighted by atomic mass is 32.1. The summed E-state index contributed by atoms with van der Waals surface area (Å²) in [6.07, 6.45) is 4.84. The fraction of sp³-hybridized carbons (Fsp3) is 0.250. The van der Waals surface area contributed by atoms with Crippen LogP contribution in [0.15, 0.2) is 53.6 Å². The quantitative estimate of drug-likeness (QED) is 0.142. The standard InChI is InChI=1S/C28H27N3O7S/c1-3-37-28(35)23-21-6-4-5-7-22(21)39-26(23)30-24(32)25(33)31-29-16-17-8-12-20(13-9-17)38-27(34)18-10-14-19(36-2)15-11-18/h8-16H,3-7H2,1-2H3,(H,30,32)(H,31,33)/b29-16-. The molecular weight excluding hydrogens is 522 g/mol. The second kappa shape index (κ2) is 12.8. The molecule has 0 bridgehead atoms. The largest absolute Gasteiger partial charge is 0.497 e. The van der Waals surface area contributed by atoms with Crippen LogP contribution in [0.4, 0.5) is 5.00 Å². The smallest absolute Gasteiger partial charge is 0.343 e. The first kappa shape index (κ1) is 27.5. The summed E-state index contributed by atoms with van der Waals surface area (Å²) >= 11 is 1.30. The van der Waals surface area contributed by atoms with Gasteiger partial charge in [0.1, 0.15) is 16.5 Å². The minimum Gasteiger partial charge on any atom is -0.497 e. The Labute approximate surface area is 229 Å². The predicted molar refractivity (Wildman–Crippen MR) is 146 cm³/mol. The van der Waals surface area contributed by atoms with Crippen LogP contribution in [0.3, 0.4) is 0 Å². The van der Waals surface area contributed by atoms with Crippen LogP contribution in [0.25, 0.3) is 0 Å². The number of methoxy groups -OCH3 is 1. The number of hydrogen-bond donors (Lipinski definition) is 2. The van der Waals surface area contributed by atoms with Crippen LogP contribution in [0.5, 0.6) is 11.5 Å². The van der Waals surface area contributed by atoms with E-state index < -0.39 is 23.8 Å². The summed E-state index contributed by atoms with van der Waals surface area (Å²) in [5.74, 6) is -2.01. The maximum atomic E-state index is 12.5. The number of anilines is 1. The number of ether oxygens (including phenoxy) is 3. The summed E-state index contributed by atoms with van der Waals surface area (Å²) in [7, 11) is 1.54. The Morgan fingerprint density at radius 2 is 1.62 bits per heavy atom. The minimum absolute atomic E-state index is 0.206. The molecule has 0 atom stereocenters. The van der Waals surface area contributed by atoms with Crippen molar-refractivity contribution in [1.29, 1.82) is 0 Å². The number of carbonyl (C=O) groups is 4. The lowest BCUT2D eigenvalue weighted by Gasteiger charge is -2.12. The monoisotopic (exact) mass is 549 g/mol. The van der Waals surface area contributed by atoms with E-state index in [1.165, 1.54) is 24.7 Å². The third kappa shape index (κ3) is 6.88. The molecule has 0 fully saturated rings. The summed E-state index contributed by atoms with van der Waals surface area (Å²) in [6.45, 7) is 1.92. The number of nitrogens with one attached hydrogen (secondary N) is 2. The summed E-state index contributed by atoms with van der Waals surface area (Å²) in [5, 5.41) is 6.67. The number of aryl methyl sites for hydroxylation is 1. The van der Waals surface area contributed by atoms with Gasteiger partial charge in [-0.05, 0) is 92.3 Å². The zero-order valence-corrected chi connectivity index (χ0v) is 22.3. The Morgan fingerprint density at radius 1 is 0.923 bits per heavy atom. The molecule has 1 aliphatic rings. The second-order valence-electron chi connectivity index (χ2n) is 8.48. The fourth-order valence-electron chi connectivity index (χ4n) is 3.96. The van der Waals surface area contributed by atoms with Crippen molar-refractivity contribution < 1.29 is 33.4 Å². The maximum Gasteiger partial charge on any atom is 0.343 e. The number of nitrogens with zero attached hydrogens (tertiary/aromatic N) is 1. The van der Waals surface area contributed by atoms with Gasteiger partial charge >= 0.3 is 23.8 Å². The van der Waals surface area contributed by atoms with Gasteiger partial charge in [-0.2, -0.15) is 5.10 Å². The molecule has 0 radical (unpaired) electrons. The SMILES string of the molecule is CCOC(=O)c1c(NC(=O)C(=O)N/N=C\c2ccc(OC(=O)c3ccc(OC)cc3)cc2)sc2c1CCCC2. The third-order valence-corrected chi connectivity index (χ3v) is 7.09. The van der Waals surface area contributed by atoms with Crippen LogP contribution < -0.4 is 20.2 Å². The van der Waals surface area contributed by atoms with E-state index in [0.29, 0.717) is 33.2 Å². The van der Waals surface area contributed by atoms with E-state index in [9.17, 15) is 19.2 Å². The summed E-state index contributed by atoms with van der Waals surface area (Å²) in [4.78, 5) is 50.7. The van der Waals surface area contributed by atoms with Crippen LogP contribution >= 0.6 is 11.3 Å². The molecule has 0 saturated carbocycles. The first-order valence-corrected chi connectivity index (χ1v) is 13.1. The van der Waals surface area contributed by atoms with Gasteiger partial charge < -0.3 is 19.5 Å². The van der Waals surface area contributed by atoms with E-state index in [0.717, 1.165) is 36.1 Å². The van der Waals surface area contributed by atoms with Crippen LogP contribution in [-0.4, -0.2) is 43.7 Å². The van der Waals surface area contributed by atoms with Crippen molar-refractivity contribution >= 4 is 46.3 Å². The maximum absolute atomic E-state index is 12.5. The Kier molecular flexibility index (Phi) is 9.06. The second-order valence-corrected chi connectivity index (χ2v) is 9.58. The summed E-state index contributed by atoms with van der Waals surface area (Å²) in [6, 6.07) is 13.0. The highest BCUT2D eigenvalue weighted by Gasteiger charge is 2.28. The molecule has 0 unspecified atom stereocenters. The van der Waals surface area contributed by atoms with Crippen LogP contribution in [-0.2, 0) is 27.2 Å². The Hall–Kier alpha value is -4.51. The molecule has 4 rings (SSSR count). The zero-order chi connectivity index (χ0) is 27.8. The van der Waals surface area contributed by atoms with Crippen LogP contribution in [0.1, 0.15) is 56.5 Å². The molecular formula is C28H27N3O7S. The van der Waals surface area contributed by atoms with Gasteiger partial charge in [0.25, 0.3) is 0 Å². The number of esters is 2. The minimum atomic E-state index is -0.988. The van der Waals surface area contributed by atoms with Crippen molar-refractivity contribution in [2.24, 2.45) is 5.10 Å². The predicted octanol–water partition coefficient (Wildman–Crippen LogP) is 4.12.